The molecule has 0 amide bonds. The molecule has 88 valence electrons. The summed E-state index contributed by atoms with van der Waals surface area (Å²) >= 11 is 0. The van der Waals surface area contributed by atoms with Gasteiger partial charge in [-0.25, -0.2) is 4.98 Å². The van der Waals surface area contributed by atoms with Crippen molar-refractivity contribution in [2.45, 2.75) is 20.0 Å². The minimum absolute atomic E-state index is 0.277. The molecule has 0 spiro atoms. The molecule has 2 heterocycles. The number of hydrogen-bond acceptors (Lipinski definition) is 4. The molecular formula is C12H13N3O2. The van der Waals surface area contributed by atoms with Crippen molar-refractivity contribution in [3.05, 3.63) is 35.9 Å². The largest absolute Gasteiger partial charge is 0.385 e. The Bertz CT molecular complexity index is 532. The van der Waals surface area contributed by atoms with Gasteiger partial charge in [0.2, 0.25) is 5.78 Å². The quantitative estimate of drug-likeness (QED) is 0.781. The Morgan fingerprint density at radius 1 is 1.53 bits per heavy atom. The van der Waals surface area contributed by atoms with Crippen LogP contribution in [0.2, 0.25) is 0 Å². The highest BCUT2D eigenvalue weighted by atomic mass is 16.3. The second-order valence-corrected chi connectivity index (χ2v) is 3.84. The normalized spacial score (nSPS) is 12.4. The van der Waals surface area contributed by atoms with E-state index < -0.39 is 6.10 Å². The van der Waals surface area contributed by atoms with E-state index in [2.05, 4.69) is 15.0 Å². The first-order chi connectivity index (χ1) is 8.09. The predicted molar refractivity (Wildman–Crippen MR) is 62.6 cm³/mol. The van der Waals surface area contributed by atoms with Gasteiger partial charge in [-0.1, -0.05) is 0 Å². The molecule has 1 atom stereocenters. The van der Waals surface area contributed by atoms with Gasteiger partial charge in [-0.05, 0) is 26.0 Å². The topological polar surface area (TPSA) is 78.9 Å². The number of nitrogens with zero attached hydrogens (tertiary/aromatic N) is 2. The highest BCUT2D eigenvalue weighted by Gasteiger charge is 2.19. The van der Waals surface area contributed by atoms with Crippen molar-refractivity contribution < 1.29 is 9.90 Å². The van der Waals surface area contributed by atoms with Crippen LogP contribution >= 0.6 is 0 Å². The van der Waals surface area contributed by atoms with E-state index in [1.165, 1.54) is 6.92 Å². The highest BCUT2D eigenvalue weighted by Crippen LogP contribution is 2.17. The van der Waals surface area contributed by atoms with E-state index in [0.29, 0.717) is 11.5 Å². The van der Waals surface area contributed by atoms with E-state index in [1.54, 1.807) is 25.4 Å². The van der Waals surface area contributed by atoms with Gasteiger partial charge in [0.15, 0.2) is 0 Å². The average molecular weight is 231 g/mol. The number of carbonyl (C=O) groups excluding carboxylic acids is 1. The molecule has 0 bridgehead atoms. The SMILES string of the molecule is Cc1[nH]c(-c2cccnc2)nc1C(=O)C(C)O. The first kappa shape index (κ1) is 11.5. The van der Waals surface area contributed by atoms with E-state index in [-0.39, 0.29) is 11.5 Å². The lowest BCUT2D eigenvalue weighted by molar-refractivity contribution is 0.0774. The van der Waals surface area contributed by atoms with E-state index in [4.69, 9.17) is 0 Å². The summed E-state index contributed by atoms with van der Waals surface area (Å²) in [6.07, 6.45) is 2.29. The number of aliphatic hydroxyl groups excluding tert-OH is 1. The molecule has 2 aromatic heterocycles. The van der Waals surface area contributed by atoms with Crippen LogP contribution in [0, 0.1) is 6.92 Å². The summed E-state index contributed by atoms with van der Waals surface area (Å²) in [5, 5.41) is 9.26. The Hall–Kier alpha value is -2.01. The summed E-state index contributed by atoms with van der Waals surface area (Å²) in [7, 11) is 0. The van der Waals surface area contributed by atoms with Crippen LogP contribution in [-0.2, 0) is 0 Å². The van der Waals surface area contributed by atoms with Crippen LogP contribution in [0.3, 0.4) is 0 Å². The molecule has 0 saturated carbocycles. The van der Waals surface area contributed by atoms with Gasteiger partial charge in [-0.15, -0.1) is 0 Å². The van der Waals surface area contributed by atoms with Crippen LogP contribution < -0.4 is 0 Å². The van der Waals surface area contributed by atoms with Crippen molar-refractivity contribution in [3.8, 4) is 11.4 Å². The minimum Gasteiger partial charge on any atom is -0.385 e. The molecule has 0 aliphatic rings. The molecule has 0 aliphatic carbocycles. The smallest absolute Gasteiger partial charge is 0.211 e. The maximum atomic E-state index is 11.7. The number of rotatable bonds is 3. The van der Waals surface area contributed by atoms with Crippen molar-refractivity contribution in [3.63, 3.8) is 0 Å². The third kappa shape index (κ3) is 2.24. The minimum atomic E-state index is -1.04. The number of ketones is 1. The molecule has 2 rings (SSSR count). The van der Waals surface area contributed by atoms with E-state index >= 15 is 0 Å². The average Bonchev–Trinajstić information content (AvgIpc) is 2.71. The molecule has 0 saturated heterocycles. The van der Waals surface area contributed by atoms with Crippen molar-refractivity contribution in [1.82, 2.24) is 15.0 Å². The third-order valence-corrected chi connectivity index (χ3v) is 2.43. The fourth-order valence-corrected chi connectivity index (χ4v) is 1.54. The summed E-state index contributed by atoms with van der Waals surface area (Å²) < 4.78 is 0. The Balaban J connectivity index is 2.41. The number of nitrogens with one attached hydrogen (secondary N) is 1. The lowest BCUT2D eigenvalue weighted by atomic mass is 10.2. The standard InChI is InChI=1S/C12H13N3O2/c1-7-10(11(17)8(2)16)15-12(14-7)9-4-3-5-13-6-9/h3-6,8,16H,1-2H3,(H,14,15). The summed E-state index contributed by atoms with van der Waals surface area (Å²) in [6.45, 7) is 3.18. The molecule has 0 radical (unpaired) electrons. The predicted octanol–water partition coefficient (Wildman–Crippen LogP) is 1.34. The van der Waals surface area contributed by atoms with E-state index in [0.717, 1.165) is 5.56 Å². The number of carbonyl (C=O) groups is 1. The molecule has 0 aliphatic heterocycles. The zero-order valence-electron chi connectivity index (χ0n) is 9.64. The van der Waals surface area contributed by atoms with Crippen molar-refractivity contribution in [1.29, 1.82) is 0 Å². The van der Waals surface area contributed by atoms with Gasteiger partial charge < -0.3 is 10.1 Å². The van der Waals surface area contributed by atoms with Crippen molar-refractivity contribution >= 4 is 5.78 Å². The van der Waals surface area contributed by atoms with Gasteiger partial charge in [0.25, 0.3) is 0 Å². The number of imidazole rings is 1. The summed E-state index contributed by atoms with van der Waals surface area (Å²) in [4.78, 5) is 22.9. The first-order valence-corrected chi connectivity index (χ1v) is 5.29. The van der Waals surface area contributed by atoms with E-state index in [1.807, 2.05) is 6.07 Å². The number of aliphatic hydroxyl groups is 1. The van der Waals surface area contributed by atoms with Crippen molar-refractivity contribution in [2.24, 2.45) is 0 Å². The van der Waals surface area contributed by atoms with Crippen LogP contribution in [0.15, 0.2) is 24.5 Å². The maximum absolute atomic E-state index is 11.7. The molecule has 2 aromatic rings. The molecule has 5 nitrogen and oxygen atoms in total. The van der Waals surface area contributed by atoms with Gasteiger partial charge in [0.05, 0.1) is 0 Å². The van der Waals surface area contributed by atoms with Crippen LogP contribution in [0.1, 0.15) is 23.1 Å². The second kappa shape index (κ2) is 4.47. The number of aromatic nitrogens is 3. The van der Waals surface area contributed by atoms with Gasteiger partial charge >= 0.3 is 0 Å². The maximum Gasteiger partial charge on any atom is 0.211 e. The number of aromatic amines is 1. The number of pyridine rings is 1. The van der Waals surface area contributed by atoms with Gasteiger partial charge in [0, 0.05) is 23.7 Å². The second-order valence-electron chi connectivity index (χ2n) is 3.84. The number of aryl methyl sites for hydroxylation is 1. The summed E-state index contributed by atoms with van der Waals surface area (Å²) in [6, 6.07) is 3.64. The molecule has 1 unspecified atom stereocenters. The molecular weight excluding hydrogens is 218 g/mol. The highest BCUT2D eigenvalue weighted by molar-refractivity contribution is 5.98. The third-order valence-electron chi connectivity index (χ3n) is 2.43. The Kier molecular flexibility index (Phi) is 3.01. The Labute approximate surface area is 98.6 Å². The lowest BCUT2D eigenvalue weighted by Crippen LogP contribution is -2.17. The van der Waals surface area contributed by atoms with Crippen LogP contribution in [0.25, 0.3) is 11.4 Å². The zero-order valence-corrected chi connectivity index (χ0v) is 9.64. The van der Waals surface area contributed by atoms with Crippen LogP contribution in [0.4, 0.5) is 0 Å². The first-order valence-electron chi connectivity index (χ1n) is 5.29. The van der Waals surface area contributed by atoms with Gasteiger partial charge in [-0.3, -0.25) is 9.78 Å². The number of Topliss-reactive ketones (excluding diaryl/α,β-unsaturated/α-hetero) is 1. The van der Waals surface area contributed by atoms with Gasteiger partial charge in [0.1, 0.15) is 17.6 Å². The number of hydrogen-bond donors (Lipinski definition) is 2. The molecule has 0 fully saturated rings. The Morgan fingerprint density at radius 2 is 2.29 bits per heavy atom. The van der Waals surface area contributed by atoms with Crippen LogP contribution in [-0.4, -0.2) is 31.9 Å². The lowest BCUT2D eigenvalue weighted by Gasteiger charge is -1.99. The zero-order chi connectivity index (χ0) is 12.4. The van der Waals surface area contributed by atoms with Crippen molar-refractivity contribution in [2.75, 3.05) is 0 Å². The summed E-state index contributed by atoms with van der Waals surface area (Å²) in [5.74, 6) is 0.202. The Morgan fingerprint density at radius 3 is 2.88 bits per heavy atom. The fourth-order valence-electron chi connectivity index (χ4n) is 1.54. The molecule has 17 heavy (non-hydrogen) atoms. The fraction of sp³-hybridized carbons (Fsp3) is 0.250. The van der Waals surface area contributed by atoms with Gasteiger partial charge in [-0.2, -0.15) is 0 Å². The molecule has 5 heteroatoms. The monoisotopic (exact) mass is 231 g/mol. The number of H-pyrrole nitrogens is 1. The van der Waals surface area contributed by atoms with Crippen LogP contribution in [0.5, 0.6) is 0 Å². The molecule has 2 N–H and O–H groups in total. The molecule has 0 aromatic carbocycles. The van der Waals surface area contributed by atoms with E-state index in [9.17, 15) is 9.90 Å². The summed E-state index contributed by atoms with van der Waals surface area (Å²) in [5.41, 5.74) is 1.73.